The van der Waals surface area contributed by atoms with E-state index in [0.29, 0.717) is 25.1 Å². The fourth-order valence-corrected chi connectivity index (χ4v) is 5.54. The molecule has 2 saturated heterocycles. The number of halogens is 2. The van der Waals surface area contributed by atoms with Crippen molar-refractivity contribution in [3.05, 3.63) is 64.7 Å². The third kappa shape index (κ3) is 4.37. The molecular formula is C24H26F2N4O2S. The molecule has 2 aromatic rings. The lowest BCUT2D eigenvalue weighted by Crippen LogP contribution is -2.51. The Hall–Kier alpha value is -2.49. The van der Waals surface area contributed by atoms with Gasteiger partial charge in [-0.3, -0.25) is 24.7 Å². The molecule has 0 aliphatic carbocycles. The maximum absolute atomic E-state index is 13.6. The molecule has 5 rings (SSSR count). The van der Waals surface area contributed by atoms with E-state index in [2.05, 4.69) is 32.1 Å². The van der Waals surface area contributed by atoms with Crippen LogP contribution in [0.25, 0.3) is 0 Å². The van der Waals surface area contributed by atoms with Gasteiger partial charge in [-0.1, -0.05) is 18.2 Å². The van der Waals surface area contributed by atoms with Gasteiger partial charge in [-0.2, -0.15) is 12.6 Å². The SMILES string of the molecule is O=C1CCC(N2Cc3c(CN4CCN(c5ccc(F)c(F)c5)CC4)cccc3C2S)C(=O)N1. The smallest absolute Gasteiger partial charge is 0.243 e. The van der Waals surface area contributed by atoms with Crippen LogP contribution in [0, 0.1) is 11.6 Å². The first-order chi connectivity index (χ1) is 15.9. The van der Waals surface area contributed by atoms with Crippen LogP contribution >= 0.6 is 12.6 Å². The number of carbonyl (C=O) groups is 2. The highest BCUT2D eigenvalue weighted by Gasteiger charge is 2.39. The van der Waals surface area contributed by atoms with Crippen LogP contribution in [0.2, 0.25) is 0 Å². The molecule has 0 spiro atoms. The lowest BCUT2D eigenvalue weighted by molar-refractivity contribution is -0.137. The predicted molar refractivity (Wildman–Crippen MR) is 124 cm³/mol. The number of piperazine rings is 1. The van der Waals surface area contributed by atoms with E-state index in [1.54, 1.807) is 6.07 Å². The van der Waals surface area contributed by atoms with Gasteiger partial charge in [0.1, 0.15) is 0 Å². The number of nitrogens with one attached hydrogen (secondary N) is 1. The molecule has 174 valence electrons. The van der Waals surface area contributed by atoms with Crippen molar-refractivity contribution in [2.45, 2.75) is 37.3 Å². The van der Waals surface area contributed by atoms with Gasteiger partial charge >= 0.3 is 0 Å². The molecule has 0 saturated carbocycles. The summed E-state index contributed by atoms with van der Waals surface area (Å²) in [6, 6.07) is 9.90. The zero-order valence-electron chi connectivity index (χ0n) is 18.1. The zero-order valence-corrected chi connectivity index (χ0v) is 19.0. The third-order valence-electron chi connectivity index (χ3n) is 6.89. The standard InChI is InChI=1S/C24H26F2N4O2S/c25-19-5-4-16(12-20(19)26)29-10-8-28(9-11-29)13-15-2-1-3-17-18(15)14-30(24(17)33)21-6-7-22(31)27-23(21)32/h1-5,12,21,24,33H,6-11,13-14H2,(H,27,31,32). The van der Waals surface area contributed by atoms with Crippen LogP contribution in [0.3, 0.4) is 0 Å². The van der Waals surface area contributed by atoms with Crippen LogP contribution in [-0.4, -0.2) is 53.8 Å². The number of thiol groups is 1. The minimum Gasteiger partial charge on any atom is -0.369 e. The largest absolute Gasteiger partial charge is 0.369 e. The van der Waals surface area contributed by atoms with Crippen molar-refractivity contribution in [3.63, 3.8) is 0 Å². The summed E-state index contributed by atoms with van der Waals surface area (Å²) >= 11 is 4.80. The second-order valence-electron chi connectivity index (χ2n) is 8.86. The van der Waals surface area contributed by atoms with Crippen molar-refractivity contribution in [2.24, 2.45) is 0 Å². The molecule has 0 aromatic heterocycles. The van der Waals surface area contributed by atoms with E-state index in [9.17, 15) is 18.4 Å². The van der Waals surface area contributed by atoms with Crippen LogP contribution < -0.4 is 10.2 Å². The minimum absolute atomic E-state index is 0.186. The fraction of sp³-hybridized carbons (Fsp3) is 0.417. The predicted octanol–water partition coefficient (Wildman–Crippen LogP) is 2.84. The summed E-state index contributed by atoms with van der Waals surface area (Å²) in [7, 11) is 0. The highest BCUT2D eigenvalue weighted by atomic mass is 32.1. The van der Waals surface area contributed by atoms with Crippen molar-refractivity contribution in [1.29, 1.82) is 0 Å². The van der Waals surface area contributed by atoms with E-state index in [1.807, 2.05) is 6.07 Å². The lowest BCUT2D eigenvalue weighted by atomic mass is 10.0. The summed E-state index contributed by atoms with van der Waals surface area (Å²) in [6.07, 6.45) is 0.857. The number of nitrogens with zero attached hydrogens (tertiary/aromatic N) is 3. The van der Waals surface area contributed by atoms with Gasteiger partial charge in [0, 0.05) is 57.4 Å². The monoisotopic (exact) mass is 472 g/mol. The Labute approximate surface area is 196 Å². The number of rotatable bonds is 4. The van der Waals surface area contributed by atoms with Crippen molar-refractivity contribution in [1.82, 2.24) is 15.1 Å². The van der Waals surface area contributed by atoms with Crippen molar-refractivity contribution < 1.29 is 18.4 Å². The molecule has 1 N–H and O–H groups in total. The van der Waals surface area contributed by atoms with Crippen molar-refractivity contribution >= 4 is 30.1 Å². The lowest BCUT2D eigenvalue weighted by Gasteiger charge is -2.36. The summed E-state index contributed by atoms with van der Waals surface area (Å²) in [4.78, 5) is 30.5. The highest BCUT2D eigenvalue weighted by molar-refractivity contribution is 7.80. The number of imide groups is 1. The Kier molecular flexibility index (Phi) is 6.11. The number of piperidine rings is 1. The number of carbonyl (C=O) groups excluding carboxylic acids is 2. The van der Waals surface area contributed by atoms with E-state index in [1.165, 1.54) is 23.3 Å². The van der Waals surface area contributed by atoms with Gasteiger partial charge in [0.05, 0.1) is 11.4 Å². The average Bonchev–Trinajstić information content (AvgIpc) is 3.14. The molecule has 0 bridgehead atoms. The summed E-state index contributed by atoms with van der Waals surface area (Å²) in [5.41, 5.74) is 4.22. The minimum atomic E-state index is -0.829. The Morgan fingerprint density at radius 2 is 1.82 bits per heavy atom. The van der Waals surface area contributed by atoms with Crippen LogP contribution in [0.5, 0.6) is 0 Å². The summed E-state index contributed by atoms with van der Waals surface area (Å²) in [5, 5.41) is 2.26. The summed E-state index contributed by atoms with van der Waals surface area (Å²) in [6.45, 7) is 4.49. The summed E-state index contributed by atoms with van der Waals surface area (Å²) < 4.78 is 26.8. The molecule has 2 atom stereocenters. The maximum atomic E-state index is 13.6. The first-order valence-electron chi connectivity index (χ1n) is 11.2. The number of amides is 2. The Balaban J connectivity index is 1.25. The quantitative estimate of drug-likeness (QED) is 0.530. The molecule has 3 aliphatic heterocycles. The topological polar surface area (TPSA) is 55.9 Å². The second-order valence-corrected chi connectivity index (χ2v) is 9.35. The summed E-state index contributed by atoms with van der Waals surface area (Å²) in [5.74, 6) is -2.11. The number of anilines is 1. The molecular weight excluding hydrogens is 446 g/mol. The van der Waals surface area contributed by atoms with Gasteiger partial charge in [-0.15, -0.1) is 0 Å². The van der Waals surface area contributed by atoms with E-state index in [-0.39, 0.29) is 23.2 Å². The average molecular weight is 473 g/mol. The highest BCUT2D eigenvalue weighted by Crippen LogP contribution is 2.40. The molecule has 33 heavy (non-hydrogen) atoms. The number of hydrogen-bond acceptors (Lipinski definition) is 6. The molecule has 2 aromatic carbocycles. The van der Waals surface area contributed by atoms with Crippen molar-refractivity contribution in [3.8, 4) is 0 Å². The molecule has 3 aliphatic rings. The molecule has 3 heterocycles. The second kappa shape index (κ2) is 9.04. The normalized spacial score (nSPS) is 24.2. The first-order valence-corrected chi connectivity index (χ1v) is 11.7. The fourth-order valence-electron chi connectivity index (χ4n) is 5.05. The molecule has 2 unspecified atom stereocenters. The Morgan fingerprint density at radius 1 is 1.03 bits per heavy atom. The van der Waals surface area contributed by atoms with Crippen LogP contribution in [0.4, 0.5) is 14.5 Å². The van der Waals surface area contributed by atoms with E-state index in [0.717, 1.165) is 38.3 Å². The number of benzene rings is 2. The Bertz CT molecular complexity index is 1090. The molecule has 2 fully saturated rings. The first kappa shape index (κ1) is 22.3. The van der Waals surface area contributed by atoms with Crippen molar-refractivity contribution in [2.75, 3.05) is 31.1 Å². The van der Waals surface area contributed by atoms with Crippen LogP contribution in [-0.2, 0) is 22.7 Å². The number of fused-ring (bicyclic) bond motifs is 1. The van der Waals surface area contributed by atoms with Gasteiger partial charge in [0.15, 0.2) is 11.6 Å². The zero-order chi connectivity index (χ0) is 23.1. The number of hydrogen-bond donors (Lipinski definition) is 2. The van der Waals surface area contributed by atoms with Crippen LogP contribution in [0.1, 0.15) is 34.9 Å². The van der Waals surface area contributed by atoms with Crippen LogP contribution in [0.15, 0.2) is 36.4 Å². The molecule has 0 radical (unpaired) electrons. The third-order valence-corrected chi connectivity index (χ3v) is 7.46. The van der Waals surface area contributed by atoms with Gasteiger partial charge in [0.25, 0.3) is 0 Å². The van der Waals surface area contributed by atoms with Gasteiger partial charge in [0.2, 0.25) is 11.8 Å². The Morgan fingerprint density at radius 3 is 2.55 bits per heavy atom. The van der Waals surface area contributed by atoms with Gasteiger partial charge < -0.3 is 4.90 Å². The van der Waals surface area contributed by atoms with E-state index in [4.69, 9.17) is 12.6 Å². The van der Waals surface area contributed by atoms with E-state index < -0.39 is 11.6 Å². The van der Waals surface area contributed by atoms with Gasteiger partial charge in [-0.05, 0) is 35.2 Å². The molecule has 6 nitrogen and oxygen atoms in total. The maximum Gasteiger partial charge on any atom is 0.243 e. The van der Waals surface area contributed by atoms with Gasteiger partial charge in [-0.25, -0.2) is 8.78 Å². The molecule has 9 heteroatoms. The van der Waals surface area contributed by atoms with E-state index >= 15 is 0 Å². The molecule has 2 amide bonds.